The standard InChI is InChI=1S/C10H14N2/c1-7(2)10-11-8-5-3-4-6-9(8)12-10/h3-9H,1-2H3,(H,11,12). The molecule has 0 aromatic heterocycles. The van der Waals surface area contributed by atoms with Crippen LogP contribution >= 0.6 is 0 Å². The summed E-state index contributed by atoms with van der Waals surface area (Å²) in [6, 6.07) is 0.750. The smallest absolute Gasteiger partial charge is 0.100 e. The van der Waals surface area contributed by atoms with Gasteiger partial charge in [-0.05, 0) is 0 Å². The van der Waals surface area contributed by atoms with E-state index in [1.165, 1.54) is 0 Å². The van der Waals surface area contributed by atoms with E-state index in [4.69, 9.17) is 0 Å². The third-order valence-corrected chi connectivity index (χ3v) is 2.26. The maximum atomic E-state index is 4.58. The van der Waals surface area contributed by atoms with Crippen molar-refractivity contribution in [1.29, 1.82) is 0 Å². The minimum Gasteiger partial charge on any atom is -0.365 e. The van der Waals surface area contributed by atoms with E-state index in [2.05, 4.69) is 48.5 Å². The number of aliphatic imine (C=N–C) groups is 1. The van der Waals surface area contributed by atoms with Crippen LogP contribution in [0.2, 0.25) is 0 Å². The Hall–Kier alpha value is -1.05. The summed E-state index contributed by atoms with van der Waals surface area (Å²) in [7, 11) is 0. The van der Waals surface area contributed by atoms with E-state index in [-0.39, 0.29) is 0 Å². The molecule has 64 valence electrons. The molecule has 1 N–H and O–H groups in total. The second-order valence-electron chi connectivity index (χ2n) is 3.60. The van der Waals surface area contributed by atoms with E-state index in [9.17, 15) is 0 Å². The lowest BCUT2D eigenvalue weighted by Crippen LogP contribution is -2.34. The number of fused-ring (bicyclic) bond motifs is 1. The summed E-state index contributed by atoms with van der Waals surface area (Å²) in [4.78, 5) is 4.58. The summed E-state index contributed by atoms with van der Waals surface area (Å²) < 4.78 is 0. The molecule has 0 spiro atoms. The molecule has 0 aromatic rings. The highest BCUT2D eigenvalue weighted by Crippen LogP contribution is 2.16. The summed E-state index contributed by atoms with van der Waals surface area (Å²) in [6.07, 6.45) is 8.46. The Morgan fingerprint density at radius 3 is 2.75 bits per heavy atom. The monoisotopic (exact) mass is 162 g/mol. The van der Waals surface area contributed by atoms with Crippen LogP contribution in [0.3, 0.4) is 0 Å². The highest BCUT2D eigenvalue weighted by Gasteiger charge is 2.26. The fraction of sp³-hybridized carbons (Fsp3) is 0.500. The molecule has 2 aliphatic rings. The number of nitrogens with one attached hydrogen (secondary N) is 1. The van der Waals surface area contributed by atoms with Crippen LogP contribution in [0.5, 0.6) is 0 Å². The van der Waals surface area contributed by atoms with Gasteiger partial charge in [-0.3, -0.25) is 4.99 Å². The molecule has 1 aliphatic carbocycles. The molecule has 2 nitrogen and oxygen atoms in total. The van der Waals surface area contributed by atoms with Gasteiger partial charge in [-0.25, -0.2) is 0 Å². The first kappa shape index (κ1) is 7.59. The Kier molecular flexibility index (Phi) is 1.75. The fourth-order valence-electron chi connectivity index (χ4n) is 1.54. The number of amidine groups is 1. The first-order valence-corrected chi connectivity index (χ1v) is 4.46. The molecule has 0 fully saturated rings. The van der Waals surface area contributed by atoms with Gasteiger partial charge in [0.1, 0.15) is 5.84 Å². The summed E-state index contributed by atoms with van der Waals surface area (Å²) in [6.45, 7) is 4.33. The molecule has 1 heterocycles. The first-order chi connectivity index (χ1) is 5.77. The third kappa shape index (κ3) is 1.17. The van der Waals surface area contributed by atoms with Gasteiger partial charge in [0, 0.05) is 5.92 Å². The molecule has 2 atom stereocenters. The SMILES string of the molecule is CC(C)C1=NC2C=CC=CC2N1. The largest absolute Gasteiger partial charge is 0.365 e. The van der Waals surface area contributed by atoms with Crippen LogP contribution in [-0.4, -0.2) is 17.9 Å². The molecule has 0 aromatic carbocycles. The van der Waals surface area contributed by atoms with Crippen LogP contribution < -0.4 is 5.32 Å². The average molecular weight is 162 g/mol. The zero-order valence-electron chi connectivity index (χ0n) is 7.49. The van der Waals surface area contributed by atoms with Crippen molar-refractivity contribution >= 4 is 5.84 Å². The zero-order chi connectivity index (χ0) is 8.55. The van der Waals surface area contributed by atoms with Crippen molar-refractivity contribution in [1.82, 2.24) is 5.32 Å². The highest BCUT2D eigenvalue weighted by molar-refractivity contribution is 5.86. The minimum atomic E-state index is 0.340. The minimum absolute atomic E-state index is 0.340. The molecule has 2 unspecified atom stereocenters. The Balaban J connectivity index is 2.16. The molecular formula is C10H14N2. The van der Waals surface area contributed by atoms with Crippen LogP contribution in [0.1, 0.15) is 13.8 Å². The van der Waals surface area contributed by atoms with Crippen molar-refractivity contribution < 1.29 is 0 Å². The second kappa shape index (κ2) is 2.77. The van der Waals surface area contributed by atoms with Gasteiger partial charge >= 0.3 is 0 Å². The normalized spacial score (nSPS) is 31.8. The van der Waals surface area contributed by atoms with Crippen molar-refractivity contribution in [2.75, 3.05) is 0 Å². The van der Waals surface area contributed by atoms with Gasteiger partial charge in [-0.1, -0.05) is 38.2 Å². The highest BCUT2D eigenvalue weighted by atomic mass is 15.1. The maximum Gasteiger partial charge on any atom is 0.100 e. The number of rotatable bonds is 1. The topological polar surface area (TPSA) is 24.4 Å². The lowest BCUT2D eigenvalue weighted by atomic mass is 10.1. The Labute approximate surface area is 73.1 Å². The Morgan fingerprint density at radius 1 is 1.33 bits per heavy atom. The van der Waals surface area contributed by atoms with E-state index in [0.717, 1.165) is 5.84 Å². The van der Waals surface area contributed by atoms with Gasteiger partial charge in [-0.15, -0.1) is 0 Å². The second-order valence-corrected chi connectivity index (χ2v) is 3.60. The molecule has 0 saturated carbocycles. The number of hydrogen-bond donors (Lipinski definition) is 1. The number of nitrogens with zero attached hydrogens (tertiary/aromatic N) is 1. The van der Waals surface area contributed by atoms with Crippen molar-refractivity contribution in [2.24, 2.45) is 10.9 Å². The van der Waals surface area contributed by atoms with Crippen molar-refractivity contribution in [3.63, 3.8) is 0 Å². The molecule has 2 rings (SSSR count). The van der Waals surface area contributed by atoms with Crippen LogP contribution in [0, 0.1) is 5.92 Å². The van der Waals surface area contributed by atoms with Gasteiger partial charge in [-0.2, -0.15) is 0 Å². The van der Waals surface area contributed by atoms with Crippen LogP contribution in [0.15, 0.2) is 29.3 Å². The van der Waals surface area contributed by atoms with Crippen LogP contribution in [0.4, 0.5) is 0 Å². The summed E-state index contributed by atoms with van der Waals surface area (Å²) in [5.41, 5.74) is 0. The van der Waals surface area contributed by atoms with Crippen molar-refractivity contribution in [3.8, 4) is 0 Å². The summed E-state index contributed by atoms with van der Waals surface area (Å²) in [5.74, 6) is 1.65. The first-order valence-electron chi connectivity index (χ1n) is 4.46. The molecule has 0 amide bonds. The quantitative estimate of drug-likeness (QED) is 0.621. The molecule has 0 radical (unpaired) electrons. The average Bonchev–Trinajstić information content (AvgIpc) is 2.46. The van der Waals surface area contributed by atoms with Crippen molar-refractivity contribution in [2.45, 2.75) is 25.9 Å². The van der Waals surface area contributed by atoms with E-state index in [0.29, 0.717) is 18.0 Å². The zero-order valence-corrected chi connectivity index (χ0v) is 7.49. The molecule has 12 heavy (non-hydrogen) atoms. The van der Waals surface area contributed by atoms with E-state index >= 15 is 0 Å². The Morgan fingerprint density at radius 2 is 2.08 bits per heavy atom. The summed E-state index contributed by atoms with van der Waals surface area (Å²) in [5, 5.41) is 3.40. The molecule has 0 saturated heterocycles. The van der Waals surface area contributed by atoms with E-state index in [1.54, 1.807) is 0 Å². The van der Waals surface area contributed by atoms with Crippen LogP contribution in [0.25, 0.3) is 0 Å². The predicted molar refractivity (Wildman–Crippen MR) is 51.3 cm³/mol. The fourth-order valence-corrected chi connectivity index (χ4v) is 1.54. The van der Waals surface area contributed by atoms with Gasteiger partial charge in [0.05, 0.1) is 12.1 Å². The molecule has 0 bridgehead atoms. The third-order valence-electron chi connectivity index (χ3n) is 2.26. The van der Waals surface area contributed by atoms with Gasteiger partial charge in [0.2, 0.25) is 0 Å². The molecule has 2 heteroatoms. The van der Waals surface area contributed by atoms with Gasteiger partial charge in [0.25, 0.3) is 0 Å². The summed E-state index contributed by atoms with van der Waals surface area (Å²) >= 11 is 0. The van der Waals surface area contributed by atoms with Crippen molar-refractivity contribution in [3.05, 3.63) is 24.3 Å². The predicted octanol–water partition coefficient (Wildman–Crippen LogP) is 1.51. The van der Waals surface area contributed by atoms with Gasteiger partial charge < -0.3 is 5.32 Å². The lowest BCUT2D eigenvalue weighted by molar-refractivity contribution is 0.688. The maximum absolute atomic E-state index is 4.58. The number of allylic oxidation sites excluding steroid dienone is 2. The lowest BCUT2D eigenvalue weighted by Gasteiger charge is -2.14. The number of hydrogen-bond acceptors (Lipinski definition) is 2. The van der Waals surface area contributed by atoms with E-state index < -0.39 is 0 Å². The van der Waals surface area contributed by atoms with Crippen LogP contribution in [-0.2, 0) is 0 Å². The molecule has 1 aliphatic heterocycles. The van der Waals surface area contributed by atoms with E-state index in [1.807, 2.05) is 0 Å². The van der Waals surface area contributed by atoms with Gasteiger partial charge in [0.15, 0.2) is 0 Å². The molecular weight excluding hydrogens is 148 g/mol. The Bertz CT molecular complexity index is 261.